The number of hydrogen-bond acceptors (Lipinski definition) is 6. The quantitative estimate of drug-likeness (QED) is 0.449. The molecular formula is C16H13N5O2S. The fraction of sp³-hybridized carbons (Fsp3) is 0.0625. The van der Waals surface area contributed by atoms with E-state index in [1.807, 2.05) is 12.1 Å². The average Bonchev–Trinajstić information content (AvgIpc) is 3.01. The molecule has 0 radical (unpaired) electrons. The molecule has 0 saturated heterocycles. The first-order chi connectivity index (χ1) is 11.7. The van der Waals surface area contributed by atoms with Gasteiger partial charge in [0.15, 0.2) is 5.82 Å². The highest BCUT2D eigenvalue weighted by Gasteiger charge is 2.08. The van der Waals surface area contributed by atoms with Gasteiger partial charge in [0.2, 0.25) is 4.77 Å². The first-order valence-electron chi connectivity index (χ1n) is 6.99. The summed E-state index contributed by atoms with van der Waals surface area (Å²) in [5.41, 5.74) is 2.08. The molecule has 120 valence electrons. The first kappa shape index (κ1) is 15.8. The second-order valence-corrected chi connectivity index (χ2v) is 5.15. The van der Waals surface area contributed by atoms with E-state index in [1.165, 1.54) is 11.8 Å². The molecule has 0 saturated carbocycles. The summed E-state index contributed by atoms with van der Waals surface area (Å²) < 4.78 is 6.55. The zero-order valence-corrected chi connectivity index (χ0v) is 13.5. The summed E-state index contributed by atoms with van der Waals surface area (Å²) in [6.45, 7) is 0. The minimum atomic E-state index is -0.380. The van der Waals surface area contributed by atoms with Crippen LogP contribution in [0.5, 0.6) is 0 Å². The second kappa shape index (κ2) is 6.97. The number of carbonyl (C=O) groups excluding carboxylic acids is 1. The number of rotatable bonds is 4. The van der Waals surface area contributed by atoms with Gasteiger partial charge in [-0.25, -0.2) is 9.89 Å². The van der Waals surface area contributed by atoms with Gasteiger partial charge in [0.05, 0.1) is 18.9 Å². The van der Waals surface area contributed by atoms with Gasteiger partial charge in [0.25, 0.3) is 0 Å². The Bertz CT molecular complexity index is 929. The maximum absolute atomic E-state index is 11.4. The average molecular weight is 339 g/mol. The van der Waals surface area contributed by atoms with Crippen LogP contribution in [0.3, 0.4) is 0 Å². The molecule has 0 aliphatic carbocycles. The van der Waals surface area contributed by atoms with Crippen LogP contribution < -0.4 is 0 Å². The minimum absolute atomic E-state index is 0.372. The number of esters is 1. The van der Waals surface area contributed by atoms with Crippen LogP contribution in [0.4, 0.5) is 0 Å². The topological polar surface area (TPSA) is 85.2 Å². The van der Waals surface area contributed by atoms with Crippen molar-refractivity contribution in [3.8, 4) is 11.4 Å². The lowest BCUT2D eigenvalue weighted by Gasteiger charge is -2.01. The first-order valence-corrected chi connectivity index (χ1v) is 7.40. The summed E-state index contributed by atoms with van der Waals surface area (Å²) in [5, 5.41) is 11.3. The molecule has 0 unspecified atom stereocenters. The van der Waals surface area contributed by atoms with E-state index in [9.17, 15) is 4.79 Å². The van der Waals surface area contributed by atoms with Gasteiger partial charge >= 0.3 is 5.97 Å². The van der Waals surface area contributed by atoms with E-state index in [0.717, 1.165) is 11.1 Å². The molecule has 3 aromatic rings. The Labute approximate surface area is 142 Å². The Hall–Kier alpha value is -3.13. The highest BCUT2D eigenvalue weighted by molar-refractivity contribution is 7.71. The lowest BCUT2D eigenvalue weighted by atomic mass is 10.1. The van der Waals surface area contributed by atoms with E-state index in [4.69, 9.17) is 12.2 Å². The number of H-pyrrole nitrogens is 1. The van der Waals surface area contributed by atoms with E-state index in [1.54, 1.807) is 42.9 Å². The maximum Gasteiger partial charge on any atom is 0.337 e. The smallest absolute Gasteiger partial charge is 0.337 e. The third-order valence-corrected chi connectivity index (χ3v) is 3.49. The molecule has 24 heavy (non-hydrogen) atoms. The third kappa shape index (κ3) is 3.28. The molecule has 2 heterocycles. The standard InChI is InChI=1S/C16H13N5O2S/c1-23-15(22)12-6-4-11(5-7-12)9-18-21-14(19-20-16(21)24)13-3-2-8-17-10-13/h2-10H,1H3,(H,20,24). The summed E-state index contributed by atoms with van der Waals surface area (Å²) in [5.74, 6) is 0.185. The zero-order chi connectivity index (χ0) is 16.9. The predicted molar refractivity (Wildman–Crippen MR) is 91.4 cm³/mol. The van der Waals surface area contributed by atoms with Crippen molar-refractivity contribution in [1.29, 1.82) is 0 Å². The lowest BCUT2D eigenvalue weighted by molar-refractivity contribution is 0.0600. The van der Waals surface area contributed by atoms with Gasteiger partial charge in [-0.3, -0.25) is 4.98 Å². The number of pyridine rings is 1. The monoisotopic (exact) mass is 339 g/mol. The Morgan fingerprint density at radius 2 is 2.12 bits per heavy atom. The van der Waals surface area contributed by atoms with Gasteiger partial charge in [-0.2, -0.15) is 14.9 Å². The normalized spacial score (nSPS) is 10.9. The maximum atomic E-state index is 11.4. The number of nitrogens with one attached hydrogen (secondary N) is 1. The number of benzene rings is 1. The van der Waals surface area contributed by atoms with Crippen LogP contribution in [-0.4, -0.2) is 39.2 Å². The van der Waals surface area contributed by atoms with E-state index >= 15 is 0 Å². The number of nitrogens with zero attached hydrogens (tertiary/aromatic N) is 4. The van der Waals surface area contributed by atoms with Crippen LogP contribution in [0.1, 0.15) is 15.9 Å². The Morgan fingerprint density at radius 1 is 1.33 bits per heavy atom. The Morgan fingerprint density at radius 3 is 2.79 bits per heavy atom. The molecule has 1 aromatic carbocycles. The fourth-order valence-corrected chi connectivity index (χ4v) is 2.21. The fourth-order valence-electron chi connectivity index (χ4n) is 2.03. The van der Waals surface area contributed by atoms with Crippen molar-refractivity contribution in [3.05, 3.63) is 64.7 Å². The molecule has 0 fully saturated rings. The molecular weight excluding hydrogens is 326 g/mol. The van der Waals surface area contributed by atoms with Crippen LogP contribution in [-0.2, 0) is 4.74 Å². The largest absolute Gasteiger partial charge is 0.465 e. The van der Waals surface area contributed by atoms with Gasteiger partial charge in [-0.15, -0.1) is 0 Å². The summed E-state index contributed by atoms with van der Waals surface area (Å²) >= 11 is 5.21. The highest BCUT2D eigenvalue weighted by Crippen LogP contribution is 2.15. The molecule has 7 nitrogen and oxygen atoms in total. The minimum Gasteiger partial charge on any atom is -0.465 e. The Balaban J connectivity index is 1.89. The summed E-state index contributed by atoms with van der Waals surface area (Å²) in [7, 11) is 1.35. The molecule has 0 atom stereocenters. The third-order valence-electron chi connectivity index (χ3n) is 3.22. The van der Waals surface area contributed by atoms with E-state index in [0.29, 0.717) is 16.2 Å². The predicted octanol–water partition coefficient (Wildman–Crippen LogP) is 2.67. The van der Waals surface area contributed by atoms with Crippen LogP contribution in [0.2, 0.25) is 0 Å². The van der Waals surface area contributed by atoms with Gasteiger partial charge in [-0.05, 0) is 42.0 Å². The van der Waals surface area contributed by atoms with Crippen molar-refractivity contribution >= 4 is 24.4 Å². The molecule has 0 bridgehead atoms. The van der Waals surface area contributed by atoms with Gasteiger partial charge < -0.3 is 4.74 Å². The second-order valence-electron chi connectivity index (χ2n) is 4.76. The molecule has 0 aliphatic heterocycles. The number of aromatic amines is 1. The van der Waals surface area contributed by atoms with Crippen molar-refractivity contribution in [3.63, 3.8) is 0 Å². The van der Waals surface area contributed by atoms with Crippen LogP contribution in [0.15, 0.2) is 53.9 Å². The van der Waals surface area contributed by atoms with Crippen LogP contribution in [0, 0.1) is 4.77 Å². The van der Waals surface area contributed by atoms with Crippen molar-refractivity contribution in [2.45, 2.75) is 0 Å². The summed E-state index contributed by atoms with van der Waals surface area (Å²) in [6.07, 6.45) is 5.00. The number of aromatic nitrogens is 4. The molecule has 2 aromatic heterocycles. The van der Waals surface area contributed by atoms with Crippen molar-refractivity contribution in [1.82, 2.24) is 19.9 Å². The SMILES string of the molecule is COC(=O)c1ccc(C=Nn2c(-c3cccnc3)n[nH]c2=S)cc1. The highest BCUT2D eigenvalue weighted by atomic mass is 32.1. The van der Waals surface area contributed by atoms with E-state index in [-0.39, 0.29) is 5.97 Å². The molecule has 0 aliphatic rings. The number of methoxy groups -OCH3 is 1. The zero-order valence-electron chi connectivity index (χ0n) is 12.7. The van der Waals surface area contributed by atoms with Crippen molar-refractivity contribution in [2.75, 3.05) is 7.11 Å². The number of ether oxygens (including phenoxy) is 1. The molecule has 3 rings (SSSR count). The van der Waals surface area contributed by atoms with Crippen LogP contribution >= 0.6 is 12.2 Å². The molecule has 0 spiro atoms. The van der Waals surface area contributed by atoms with Gasteiger partial charge in [0, 0.05) is 18.0 Å². The van der Waals surface area contributed by atoms with Crippen molar-refractivity contribution < 1.29 is 9.53 Å². The van der Waals surface area contributed by atoms with E-state index < -0.39 is 0 Å². The van der Waals surface area contributed by atoms with Gasteiger partial charge in [-0.1, -0.05) is 12.1 Å². The van der Waals surface area contributed by atoms with E-state index in [2.05, 4.69) is 25.0 Å². The molecule has 1 N–H and O–H groups in total. The summed E-state index contributed by atoms with van der Waals surface area (Å²) in [6, 6.07) is 10.6. The van der Waals surface area contributed by atoms with Crippen molar-refractivity contribution in [2.24, 2.45) is 5.10 Å². The molecule has 8 heteroatoms. The number of hydrogen-bond donors (Lipinski definition) is 1. The van der Waals surface area contributed by atoms with Gasteiger partial charge in [0.1, 0.15) is 0 Å². The van der Waals surface area contributed by atoms with Crippen LogP contribution in [0.25, 0.3) is 11.4 Å². The number of carbonyl (C=O) groups is 1. The Kier molecular flexibility index (Phi) is 4.57. The lowest BCUT2D eigenvalue weighted by Crippen LogP contribution is -2.01. The molecule has 0 amide bonds. The summed E-state index contributed by atoms with van der Waals surface area (Å²) in [4.78, 5) is 15.5.